The SMILES string of the molecule is O=C(c1ccccc1)C(Cl)Cc1cccs1. The van der Waals surface area contributed by atoms with E-state index in [1.54, 1.807) is 23.5 Å². The van der Waals surface area contributed by atoms with Crippen LogP contribution in [0.2, 0.25) is 0 Å². The maximum absolute atomic E-state index is 11.9. The first-order valence-corrected chi connectivity index (χ1v) is 6.34. The number of rotatable bonds is 4. The molecule has 1 nitrogen and oxygen atoms in total. The molecule has 0 fully saturated rings. The number of hydrogen-bond acceptors (Lipinski definition) is 2. The van der Waals surface area contributed by atoms with Crippen molar-refractivity contribution in [2.45, 2.75) is 11.8 Å². The Labute approximate surface area is 104 Å². The van der Waals surface area contributed by atoms with Gasteiger partial charge in [0.05, 0.1) is 0 Å². The highest BCUT2D eigenvalue weighted by Crippen LogP contribution is 2.17. The summed E-state index contributed by atoms with van der Waals surface area (Å²) in [6.07, 6.45) is 0.604. The van der Waals surface area contributed by atoms with Crippen molar-refractivity contribution in [3.8, 4) is 0 Å². The average Bonchev–Trinajstić information content (AvgIpc) is 2.82. The van der Waals surface area contributed by atoms with E-state index in [0.717, 1.165) is 4.88 Å². The lowest BCUT2D eigenvalue weighted by molar-refractivity contribution is 0.0987. The van der Waals surface area contributed by atoms with Gasteiger partial charge in [-0.2, -0.15) is 0 Å². The number of hydrogen-bond donors (Lipinski definition) is 0. The van der Waals surface area contributed by atoms with Crippen LogP contribution in [0.5, 0.6) is 0 Å². The second kappa shape index (κ2) is 5.28. The maximum Gasteiger partial charge on any atom is 0.181 e. The smallest absolute Gasteiger partial charge is 0.181 e. The zero-order chi connectivity index (χ0) is 11.4. The summed E-state index contributed by atoms with van der Waals surface area (Å²) in [6, 6.07) is 13.1. The minimum atomic E-state index is -0.471. The van der Waals surface area contributed by atoms with E-state index in [1.807, 2.05) is 35.7 Å². The van der Waals surface area contributed by atoms with Crippen molar-refractivity contribution in [3.05, 3.63) is 58.3 Å². The predicted molar refractivity (Wildman–Crippen MR) is 68.4 cm³/mol. The van der Waals surface area contributed by atoms with Gasteiger partial charge in [0.2, 0.25) is 0 Å². The molecule has 1 aromatic heterocycles. The number of halogens is 1. The van der Waals surface area contributed by atoms with E-state index in [1.165, 1.54) is 0 Å². The van der Waals surface area contributed by atoms with Crippen molar-refractivity contribution in [1.29, 1.82) is 0 Å². The van der Waals surface area contributed by atoms with E-state index in [2.05, 4.69) is 0 Å². The maximum atomic E-state index is 11.9. The molecule has 0 bridgehead atoms. The Morgan fingerprint density at radius 2 is 1.94 bits per heavy atom. The minimum Gasteiger partial charge on any atom is -0.292 e. The molecule has 16 heavy (non-hydrogen) atoms. The second-order valence-electron chi connectivity index (χ2n) is 3.48. The second-order valence-corrected chi connectivity index (χ2v) is 5.04. The summed E-state index contributed by atoms with van der Waals surface area (Å²) in [7, 11) is 0. The van der Waals surface area contributed by atoms with Crippen LogP contribution < -0.4 is 0 Å². The standard InChI is InChI=1S/C13H11ClOS/c14-12(9-11-7-4-8-16-11)13(15)10-5-2-1-3-6-10/h1-8,12H,9H2. The number of Topliss-reactive ketones (excluding diaryl/α,β-unsaturated/α-hetero) is 1. The van der Waals surface area contributed by atoms with Crippen LogP contribution in [0.25, 0.3) is 0 Å². The molecule has 1 aromatic carbocycles. The Morgan fingerprint density at radius 3 is 2.56 bits per heavy atom. The molecule has 82 valence electrons. The number of carbonyl (C=O) groups excluding carboxylic acids is 1. The highest BCUT2D eigenvalue weighted by Gasteiger charge is 2.17. The van der Waals surface area contributed by atoms with Crippen LogP contribution in [0.1, 0.15) is 15.2 Å². The van der Waals surface area contributed by atoms with Crippen LogP contribution in [-0.2, 0) is 6.42 Å². The number of benzene rings is 1. The Bertz CT molecular complexity index is 450. The van der Waals surface area contributed by atoms with Gasteiger partial charge in [0.25, 0.3) is 0 Å². The van der Waals surface area contributed by atoms with E-state index in [9.17, 15) is 4.79 Å². The fraction of sp³-hybridized carbons (Fsp3) is 0.154. The zero-order valence-electron chi connectivity index (χ0n) is 8.60. The molecule has 2 aromatic rings. The molecule has 0 aliphatic carbocycles. The van der Waals surface area contributed by atoms with Crippen LogP contribution >= 0.6 is 22.9 Å². The number of carbonyl (C=O) groups is 1. The highest BCUT2D eigenvalue weighted by atomic mass is 35.5. The summed E-state index contributed by atoms with van der Waals surface area (Å²) in [6.45, 7) is 0. The summed E-state index contributed by atoms with van der Waals surface area (Å²) < 4.78 is 0. The molecule has 0 amide bonds. The van der Waals surface area contributed by atoms with Crippen LogP contribution in [0.15, 0.2) is 47.8 Å². The number of thiophene rings is 1. The van der Waals surface area contributed by atoms with Gasteiger partial charge >= 0.3 is 0 Å². The van der Waals surface area contributed by atoms with E-state index in [0.29, 0.717) is 12.0 Å². The first-order valence-electron chi connectivity index (χ1n) is 5.03. The van der Waals surface area contributed by atoms with Crippen molar-refractivity contribution in [1.82, 2.24) is 0 Å². The summed E-state index contributed by atoms with van der Waals surface area (Å²) >= 11 is 7.74. The lowest BCUT2D eigenvalue weighted by Gasteiger charge is -2.06. The lowest BCUT2D eigenvalue weighted by atomic mass is 10.1. The van der Waals surface area contributed by atoms with Gasteiger partial charge in [0.1, 0.15) is 5.38 Å². The zero-order valence-corrected chi connectivity index (χ0v) is 10.2. The molecule has 0 aliphatic heterocycles. The number of ketones is 1. The topological polar surface area (TPSA) is 17.1 Å². The monoisotopic (exact) mass is 250 g/mol. The van der Waals surface area contributed by atoms with Crippen molar-refractivity contribution in [2.75, 3.05) is 0 Å². The molecule has 0 saturated carbocycles. The average molecular weight is 251 g/mol. The molecular formula is C13H11ClOS. The van der Waals surface area contributed by atoms with E-state index in [-0.39, 0.29) is 5.78 Å². The van der Waals surface area contributed by atoms with Gasteiger partial charge in [0.15, 0.2) is 5.78 Å². The summed E-state index contributed by atoms with van der Waals surface area (Å²) in [5.41, 5.74) is 0.680. The van der Waals surface area contributed by atoms with Gasteiger partial charge in [-0.05, 0) is 11.4 Å². The Balaban J connectivity index is 2.05. The molecule has 0 radical (unpaired) electrons. The molecule has 1 atom stereocenters. The van der Waals surface area contributed by atoms with Crippen LogP contribution in [-0.4, -0.2) is 11.2 Å². The van der Waals surface area contributed by atoms with Gasteiger partial charge in [0, 0.05) is 16.9 Å². The molecule has 3 heteroatoms. The summed E-state index contributed by atoms with van der Waals surface area (Å²) in [5, 5.41) is 1.52. The fourth-order valence-corrected chi connectivity index (χ4v) is 2.62. The first kappa shape index (κ1) is 11.4. The van der Waals surface area contributed by atoms with Crippen LogP contribution in [0.4, 0.5) is 0 Å². The van der Waals surface area contributed by atoms with Gasteiger partial charge in [-0.1, -0.05) is 36.4 Å². The lowest BCUT2D eigenvalue weighted by Crippen LogP contribution is -2.16. The summed E-state index contributed by atoms with van der Waals surface area (Å²) in [4.78, 5) is 13.1. The molecular weight excluding hydrogens is 240 g/mol. The normalized spacial score (nSPS) is 12.3. The van der Waals surface area contributed by atoms with E-state index >= 15 is 0 Å². The van der Waals surface area contributed by atoms with Gasteiger partial charge in [-0.3, -0.25) is 4.79 Å². The quantitative estimate of drug-likeness (QED) is 0.596. The highest BCUT2D eigenvalue weighted by molar-refractivity contribution is 7.09. The fourth-order valence-electron chi connectivity index (χ4n) is 1.48. The molecule has 2 rings (SSSR count). The van der Waals surface area contributed by atoms with E-state index in [4.69, 9.17) is 11.6 Å². The first-order chi connectivity index (χ1) is 7.77. The Kier molecular flexibility index (Phi) is 3.75. The molecule has 1 unspecified atom stereocenters. The molecule has 0 N–H and O–H groups in total. The van der Waals surface area contributed by atoms with Crippen molar-refractivity contribution in [2.24, 2.45) is 0 Å². The van der Waals surface area contributed by atoms with Crippen LogP contribution in [0.3, 0.4) is 0 Å². The third-order valence-corrected chi connectivity index (χ3v) is 3.55. The van der Waals surface area contributed by atoms with Crippen molar-refractivity contribution in [3.63, 3.8) is 0 Å². The molecule has 0 spiro atoms. The molecule has 1 heterocycles. The summed E-state index contributed by atoms with van der Waals surface area (Å²) in [5.74, 6) is -0.00401. The van der Waals surface area contributed by atoms with Gasteiger partial charge < -0.3 is 0 Å². The molecule has 0 aliphatic rings. The Morgan fingerprint density at radius 1 is 1.19 bits per heavy atom. The van der Waals surface area contributed by atoms with Crippen LogP contribution in [0, 0.1) is 0 Å². The van der Waals surface area contributed by atoms with Crippen molar-refractivity contribution < 1.29 is 4.79 Å². The number of alkyl halides is 1. The third-order valence-electron chi connectivity index (χ3n) is 2.30. The predicted octanol–water partition coefficient (Wildman–Crippen LogP) is 3.78. The van der Waals surface area contributed by atoms with E-state index < -0.39 is 5.38 Å². The van der Waals surface area contributed by atoms with Gasteiger partial charge in [-0.15, -0.1) is 22.9 Å². The largest absolute Gasteiger partial charge is 0.292 e. The Hall–Kier alpha value is -1.12. The third kappa shape index (κ3) is 2.71. The van der Waals surface area contributed by atoms with Gasteiger partial charge in [-0.25, -0.2) is 0 Å². The van der Waals surface area contributed by atoms with Crippen molar-refractivity contribution >= 4 is 28.7 Å². The molecule has 0 saturated heterocycles. The minimum absolute atomic E-state index is 0.00401.